The average Bonchev–Trinajstić information content (AvgIpc) is 2.72. The summed E-state index contributed by atoms with van der Waals surface area (Å²) in [5.74, 6) is -0.688. The van der Waals surface area contributed by atoms with Crippen molar-refractivity contribution in [2.24, 2.45) is 0 Å². The van der Waals surface area contributed by atoms with Gasteiger partial charge in [0.25, 0.3) is 0 Å². The molecule has 0 spiro atoms. The largest absolute Gasteiger partial charge is 0.491 e. The topological polar surface area (TPSA) is 35.5 Å². The number of carbonyl (C=O) groups is 1. The van der Waals surface area contributed by atoms with Crippen molar-refractivity contribution < 1.29 is 31.7 Å². The third-order valence-corrected chi connectivity index (χ3v) is 5.55. The third kappa shape index (κ3) is 5.15. The molecule has 1 fully saturated rings. The smallest absolute Gasteiger partial charge is 0.400 e. The molecular weight excluding hydrogens is 383 g/mol. The van der Waals surface area contributed by atoms with Crippen LogP contribution in [0, 0.1) is 5.82 Å². The van der Waals surface area contributed by atoms with Gasteiger partial charge in [-0.1, -0.05) is 17.8 Å². The van der Waals surface area contributed by atoms with Gasteiger partial charge in [-0.05, 0) is 51.4 Å². The second kappa shape index (κ2) is 7.60. The van der Waals surface area contributed by atoms with Crippen molar-refractivity contribution in [1.29, 1.82) is 0 Å². The molecule has 1 aromatic carbocycles. The van der Waals surface area contributed by atoms with Crippen molar-refractivity contribution in [3.05, 3.63) is 40.6 Å². The lowest BCUT2D eigenvalue weighted by Gasteiger charge is -2.32. The maximum Gasteiger partial charge on any atom is 0.491 e. The zero-order valence-corrected chi connectivity index (χ0v) is 16.6. The lowest BCUT2D eigenvalue weighted by molar-refractivity contribution is -0.137. The van der Waals surface area contributed by atoms with Gasteiger partial charge < -0.3 is 9.31 Å². The SMILES string of the molecule is CC(=O)SCC(=Cc1cc(C(F)(F)F)ccc1F)B1OC(C)(C)C(C)(C)O1. The molecule has 0 saturated carbocycles. The van der Waals surface area contributed by atoms with Crippen LogP contribution in [-0.4, -0.2) is 29.2 Å². The van der Waals surface area contributed by atoms with Crippen LogP contribution in [0.4, 0.5) is 17.6 Å². The molecule has 0 N–H and O–H groups in total. The van der Waals surface area contributed by atoms with E-state index in [2.05, 4.69) is 0 Å². The summed E-state index contributed by atoms with van der Waals surface area (Å²) in [4.78, 5) is 11.4. The Kier molecular flexibility index (Phi) is 6.19. The summed E-state index contributed by atoms with van der Waals surface area (Å²) in [6.45, 7) is 8.68. The molecule has 27 heavy (non-hydrogen) atoms. The minimum Gasteiger partial charge on any atom is -0.400 e. The fourth-order valence-corrected chi connectivity index (χ4v) is 2.98. The number of thioether (sulfide) groups is 1. The van der Waals surface area contributed by atoms with Gasteiger partial charge in [-0.15, -0.1) is 0 Å². The third-order valence-electron chi connectivity index (χ3n) is 4.66. The molecule has 2 rings (SSSR count). The van der Waals surface area contributed by atoms with E-state index in [1.165, 1.54) is 13.0 Å². The van der Waals surface area contributed by atoms with E-state index >= 15 is 0 Å². The van der Waals surface area contributed by atoms with Gasteiger partial charge in [-0.3, -0.25) is 4.79 Å². The molecule has 0 aliphatic carbocycles. The molecular formula is C18H21BF4O3S. The van der Waals surface area contributed by atoms with Crippen LogP contribution in [0.3, 0.4) is 0 Å². The molecule has 9 heteroatoms. The van der Waals surface area contributed by atoms with Gasteiger partial charge >= 0.3 is 13.3 Å². The van der Waals surface area contributed by atoms with Crippen LogP contribution in [0.2, 0.25) is 0 Å². The van der Waals surface area contributed by atoms with Gasteiger partial charge in [0.05, 0.1) is 16.8 Å². The minimum atomic E-state index is -4.59. The van der Waals surface area contributed by atoms with Crippen LogP contribution in [0.5, 0.6) is 0 Å². The van der Waals surface area contributed by atoms with E-state index in [1.54, 1.807) is 0 Å². The predicted molar refractivity (Wildman–Crippen MR) is 98.6 cm³/mol. The van der Waals surface area contributed by atoms with E-state index in [1.807, 2.05) is 27.7 Å². The van der Waals surface area contributed by atoms with Crippen molar-refractivity contribution in [1.82, 2.24) is 0 Å². The summed E-state index contributed by atoms with van der Waals surface area (Å²) in [5, 5.41) is -0.179. The second-order valence-corrected chi connectivity index (χ2v) is 8.47. The number of alkyl halides is 3. The lowest BCUT2D eigenvalue weighted by Crippen LogP contribution is -2.41. The Morgan fingerprint density at radius 3 is 2.22 bits per heavy atom. The summed E-state index contributed by atoms with van der Waals surface area (Å²) in [6, 6.07) is 2.19. The summed E-state index contributed by atoms with van der Waals surface area (Å²) >= 11 is 0.949. The second-order valence-electron chi connectivity index (χ2n) is 7.32. The van der Waals surface area contributed by atoms with E-state index in [-0.39, 0.29) is 16.4 Å². The molecule has 1 aromatic rings. The van der Waals surface area contributed by atoms with Gasteiger partial charge in [0.1, 0.15) is 5.82 Å². The van der Waals surface area contributed by atoms with E-state index < -0.39 is 35.9 Å². The highest BCUT2D eigenvalue weighted by molar-refractivity contribution is 8.13. The van der Waals surface area contributed by atoms with Gasteiger partial charge in [0.15, 0.2) is 5.12 Å². The first-order valence-corrected chi connectivity index (χ1v) is 9.28. The molecule has 1 aliphatic rings. The Morgan fingerprint density at radius 2 is 1.74 bits per heavy atom. The normalized spacial score (nSPS) is 19.4. The number of hydrogen-bond donors (Lipinski definition) is 0. The molecule has 0 amide bonds. The molecule has 0 atom stereocenters. The Balaban J connectivity index is 2.45. The van der Waals surface area contributed by atoms with Crippen LogP contribution in [0.15, 0.2) is 23.7 Å². The number of halogens is 4. The fourth-order valence-electron chi connectivity index (χ4n) is 2.39. The molecule has 0 bridgehead atoms. The van der Waals surface area contributed by atoms with Crippen LogP contribution in [-0.2, 0) is 20.3 Å². The summed E-state index contributed by atoms with van der Waals surface area (Å²) < 4.78 is 64.8. The maximum absolute atomic E-state index is 14.1. The van der Waals surface area contributed by atoms with E-state index in [0.717, 1.165) is 23.9 Å². The highest BCUT2D eigenvalue weighted by Crippen LogP contribution is 2.39. The van der Waals surface area contributed by atoms with E-state index in [4.69, 9.17) is 9.31 Å². The van der Waals surface area contributed by atoms with Gasteiger partial charge in [-0.25, -0.2) is 4.39 Å². The molecule has 3 nitrogen and oxygen atoms in total. The molecule has 1 heterocycles. The molecule has 0 radical (unpaired) electrons. The van der Waals surface area contributed by atoms with Crippen molar-refractivity contribution >= 4 is 30.1 Å². The van der Waals surface area contributed by atoms with Crippen molar-refractivity contribution in [3.63, 3.8) is 0 Å². The molecule has 1 saturated heterocycles. The predicted octanol–water partition coefficient (Wildman–Crippen LogP) is 5.14. The summed E-state index contributed by atoms with van der Waals surface area (Å²) in [7, 11) is -0.893. The average molecular weight is 404 g/mol. The van der Waals surface area contributed by atoms with E-state index in [0.29, 0.717) is 11.5 Å². The first-order chi connectivity index (χ1) is 12.2. The van der Waals surface area contributed by atoms with Gasteiger partial charge in [0, 0.05) is 18.2 Å². The molecule has 0 aromatic heterocycles. The van der Waals surface area contributed by atoms with Crippen molar-refractivity contribution in [2.45, 2.75) is 52.0 Å². The van der Waals surface area contributed by atoms with Crippen LogP contribution in [0.25, 0.3) is 6.08 Å². The highest BCUT2D eigenvalue weighted by atomic mass is 32.2. The Hall–Kier alpha value is -1.32. The number of carbonyl (C=O) groups excluding carboxylic acids is 1. The fraction of sp³-hybridized carbons (Fsp3) is 0.500. The zero-order chi connectivity index (χ0) is 20.6. The maximum atomic E-state index is 14.1. The molecule has 148 valence electrons. The van der Waals surface area contributed by atoms with Crippen molar-refractivity contribution in [3.8, 4) is 0 Å². The number of rotatable bonds is 4. The highest BCUT2D eigenvalue weighted by Gasteiger charge is 2.52. The zero-order valence-electron chi connectivity index (χ0n) is 15.7. The quantitative estimate of drug-likeness (QED) is 0.515. The van der Waals surface area contributed by atoms with Gasteiger partial charge in [0.2, 0.25) is 0 Å². The lowest BCUT2D eigenvalue weighted by atomic mass is 9.78. The number of benzene rings is 1. The monoisotopic (exact) mass is 404 g/mol. The molecule has 1 aliphatic heterocycles. The molecule has 0 unspecified atom stereocenters. The minimum absolute atomic E-state index is 0.113. The summed E-state index contributed by atoms with van der Waals surface area (Å²) in [6.07, 6.45) is -3.32. The van der Waals surface area contributed by atoms with Crippen LogP contribution in [0.1, 0.15) is 45.7 Å². The first kappa shape index (κ1) is 22.0. The van der Waals surface area contributed by atoms with Crippen LogP contribution < -0.4 is 0 Å². The Bertz CT molecular complexity index is 743. The Morgan fingerprint density at radius 1 is 1.19 bits per heavy atom. The standard InChI is InChI=1S/C18H21BF4O3S/c1-11(24)27-10-14(19-25-16(2,3)17(4,5)26-19)9-12-8-13(18(21,22)23)6-7-15(12)20/h6-9H,10H2,1-5H3. The summed E-state index contributed by atoms with van der Waals surface area (Å²) in [5.41, 5.74) is -2.16. The van der Waals surface area contributed by atoms with Crippen molar-refractivity contribution in [2.75, 3.05) is 5.75 Å². The van der Waals surface area contributed by atoms with E-state index in [9.17, 15) is 22.4 Å². The first-order valence-electron chi connectivity index (χ1n) is 8.29. The number of hydrogen-bond acceptors (Lipinski definition) is 4. The van der Waals surface area contributed by atoms with Gasteiger partial charge in [-0.2, -0.15) is 13.2 Å². The van der Waals surface area contributed by atoms with Crippen LogP contribution >= 0.6 is 11.8 Å². The Labute approximate surface area is 160 Å².